The second-order valence-electron chi connectivity index (χ2n) is 3.32. The average Bonchev–Trinajstić information content (AvgIpc) is 2.60. The third kappa shape index (κ3) is 2.62. The van der Waals surface area contributed by atoms with Crippen LogP contribution in [0.5, 0.6) is 0 Å². The molecule has 15 heavy (non-hydrogen) atoms. The van der Waals surface area contributed by atoms with Crippen molar-refractivity contribution in [1.82, 2.24) is 0 Å². The van der Waals surface area contributed by atoms with Gasteiger partial charge in [-0.05, 0) is 36.9 Å². The third-order valence-corrected chi connectivity index (χ3v) is 3.86. The first-order valence-corrected chi connectivity index (χ1v) is 6.48. The Hall–Kier alpha value is -0.780. The van der Waals surface area contributed by atoms with Gasteiger partial charge < -0.3 is 0 Å². The van der Waals surface area contributed by atoms with Gasteiger partial charge in [-0.2, -0.15) is 0 Å². The SMILES string of the molecule is CC#CCCc1cc2ccc(Br)cc2s1. The van der Waals surface area contributed by atoms with Crippen molar-refractivity contribution in [3.05, 3.63) is 33.6 Å². The lowest BCUT2D eigenvalue weighted by atomic mass is 10.2. The highest BCUT2D eigenvalue weighted by atomic mass is 79.9. The predicted octanol–water partition coefficient (Wildman–Crippen LogP) is 4.62. The standard InChI is InChI=1S/C13H11BrS/c1-2-3-4-5-12-8-10-6-7-11(14)9-13(10)15-12/h6-9H,4-5H2,1H3. The predicted molar refractivity (Wildman–Crippen MR) is 71.3 cm³/mol. The quantitative estimate of drug-likeness (QED) is 0.704. The molecule has 0 aliphatic carbocycles. The summed E-state index contributed by atoms with van der Waals surface area (Å²) in [6.07, 6.45) is 2.03. The van der Waals surface area contributed by atoms with Crippen molar-refractivity contribution in [2.45, 2.75) is 19.8 Å². The van der Waals surface area contributed by atoms with Crippen molar-refractivity contribution in [2.75, 3.05) is 0 Å². The maximum absolute atomic E-state index is 3.49. The Labute approximate surface area is 102 Å². The Morgan fingerprint density at radius 1 is 1.33 bits per heavy atom. The number of thiophene rings is 1. The molecule has 0 atom stereocenters. The molecular formula is C13H11BrS. The van der Waals surface area contributed by atoms with Crippen molar-refractivity contribution in [1.29, 1.82) is 0 Å². The Kier molecular flexibility index (Phi) is 3.45. The fraction of sp³-hybridized carbons (Fsp3) is 0.231. The summed E-state index contributed by atoms with van der Waals surface area (Å²) in [7, 11) is 0. The molecule has 0 bridgehead atoms. The average molecular weight is 279 g/mol. The van der Waals surface area contributed by atoms with Crippen LogP contribution in [0.2, 0.25) is 0 Å². The van der Waals surface area contributed by atoms with E-state index in [1.807, 2.05) is 18.3 Å². The van der Waals surface area contributed by atoms with Crippen LogP contribution in [0.15, 0.2) is 28.7 Å². The molecule has 2 aromatic rings. The third-order valence-electron chi connectivity index (χ3n) is 2.21. The van der Waals surface area contributed by atoms with Crippen LogP contribution < -0.4 is 0 Å². The van der Waals surface area contributed by atoms with Crippen LogP contribution in [0.1, 0.15) is 18.2 Å². The largest absolute Gasteiger partial charge is 0.140 e. The summed E-state index contributed by atoms with van der Waals surface area (Å²) >= 11 is 5.35. The molecule has 1 aromatic heterocycles. The highest BCUT2D eigenvalue weighted by Gasteiger charge is 2.01. The van der Waals surface area contributed by atoms with Gasteiger partial charge in [0.25, 0.3) is 0 Å². The zero-order valence-corrected chi connectivity index (χ0v) is 10.9. The number of hydrogen-bond acceptors (Lipinski definition) is 1. The van der Waals surface area contributed by atoms with Crippen LogP contribution >= 0.6 is 27.3 Å². The number of benzene rings is 1. The number of halogens is 1. The highest BCUT2D eigenvalue weighted by Crippen LogP contribution is 2.28. The first-order chi connectivity index (χ1) is 7.29. The minimum Gasteiger partial charge on any atom is -0.140 e. The zero-order valence-electron chi connectivity index (χ0n) is 8.51. The van der Waals surface area contributed by atoms with E-state index in [4.69, 9.17) is 0 Å². The van der Waals surface area contributed by atoms with Gasteiger partial charge in [-0.15, -0.1) is 23.2 Å². The van der Waals surface area contributed by atoms with E-state index >= 15 is 0 Å². The summed E-state index contributed by atoms with van der Waals surface area (Å²) in [6.45, 7) is 1.89. The summed E-state index contributed by atoms with van der Waals surface area (Å²) < 4.78 is 2.50. The molecular weight excluding hydrogens is 268 g/mol. The summed E-state index contributed by atoms with van der Waals surface area (Å²) in [5.74, 6) is 6.03. The van der Waals surface area contributed by atoms with E-state index in [1.54, 1.807) is 0 Å². The maximum atomic E-state index is 3.49. The molecule has 0 fully saturated rings. The van der Waals surface area contributed by atoms with Crippen LogP contribution in [-0.4, -0.2) is 0 Å². The zero-order chi connectivity index (χ0) is 10.7. The topological polar surface area (TPSA) is 0 Å². The molecule has 2 rings (SSSR count). The second-order valence-corrected chi connectivity index (χ2v) is 5.41. The van der Waals surface area contributed by atoms with Gasteiger partial charge in [0.1, 0.15) is 0 Å². The number of aryl methyl sites for hydroxylation is 1. The molecule has 0 unspecified atom stereocenters. The Morgan fingerprint density at radius 3 is 3.00 bits per heavy atom. The lowest BCUT2D eigenvalue weighted by molar-refractivity contribution is 1.06. The van der Waals surface area contributed by atoms with Crippen LogP contribution in [0.4, 0.5) is 0 Å². The number of rotatable bonds is 2. The number of fused-ring (bicyclic) bond motifs is 1. The van der Waals surface area contributed by atoms with E-state index in [0.29, 0.717) is 0 Å². The Morgan fingerprint density at radius 2 is 2.20 bits per heavy atom. The summed E-state index contributed by atoms with van der Waals surface area (Å²) in [4.78, 5) is 1.42. The summed E-state index contributed by atoms with van der Waals surface area (Å²) in [5, 5.41) is 1.34. The summed E-state index contributed by atoms with van der Waals surface area (Å²) in [5.41, 5.74) is 0. The van der Waals surface area contributed by atoms with Crippen LogP contribution in [0.25, 0.3) is 10.1 Å². The van der Waals surface area contributed by atoms with Crippen LogP contribution in [0.3, 0.4) is 0 Å². The fourth-order valence-electron chi connectivity index (χ4n) is 1.49. The molecule has 1 aromatic carbocycles. The number of hydrogen-bond donors (Lipinski definition) is 0. The van der Waals surface area contributed by atoms with Crippen molar-refractivity contribution < 1.29 is 0 Å². The lowest BCUT2D eigenvalue weighted by Crippen LogP contribution is -1.75. The van der Waals surface area contributed by atoms with Crippen LogP contribution in [-0.2, 0) is 6.42 Å². The highest BCUT2D eigenvalue weighted by molar-refractivity contribution is 9.10. The molecule has 0 radical (unpaired) electrons. The van der Waals surface area contributed by atoms with E-state index in [1.165, 1.54) is 15.0 Å². The van der Waals surface area contributed by atoms with E-state index < -0.39 is 0 Å². The second kappa shape index (κ2) is 4.83. The Balaban J connectivity index is 2.25. The van der Waals surface area contributed by atoms with Gasteiger partial charge in [-0.3, -0.25) is 0 Å². The molecule has 0 amide bonds. The van der Waals surface area contributed by atoms with E-state index in [-0.39, 0.29) is 0 Å². The van der Waals surface area contributed by atoms with E-state index in [2.05, 4.69) is 52.0 Å². The van der Waals surface area contributed by atoms with E-state index in [9.17, 15) is 0 Å². The van der Waals surface area contributed by atoms with Gasteiger partial charge in [-0.1, -0.05) is 22.0 Å². The molecule has 0 N–H and O–H groups in total. The van der Waals surface area contributed by atoms with E-state index in [0.717, 1.165) is 17.3 Å². The summed E-state index contributed by atoms with van der Waals surface area (Å²) in [6, 6.07) is 8.69. The molecule has 0 saturated carbocycles. The van der Waals surface area contributed by atoms with Gasteiger partial charge >= 0.3 is 0 Å². The van der Waals surface area contributed by atoms with Crippen LogP contribution in [0, 0.1) is 11.8 Å². The molecule has 76 valence electrons. The molecule has 0 nitrogen and oxygen atoms in total. The molecule has 0 aliphatic heterocycles. The minimum absolute atomic E-state index is 0.963. The normalized spacial score (nSPS) is 10.0. The van der Waals surface area contributed by atoms with Crippen molar-refractivity contribution in [3.63, 3.8) is 0 Å². The lowest BCUT2D eigenvalue weighted by Gasteiger charge is -1.88. The van der Waals surface area contributed by atoms with Crippen molar-refractivity contribution in [2.24, 2.45) is 0 Å². The molecule has 2 heteroatoms. The van der Waals surface area contributed by atoms with Gasteiger partial charge in [0.05, 0.1) is 0 Å². The fourth-order valence-corrected chi connectivity index (χ4v) is 3.11. The van der Waals surface area contributed by atoms with Crippen molar-refractivity contribution >= 4 is 37.4 Å². The van der Waals surface area contributed by atoms with Gasteiger partial charge in [0.15, 0.2) is 0 Å². The maximum Gasteiger partial charge on any atom is 0.0356 e. The van der Waals surface area contributed by atoms with Gasteiger partial charge in [-0.25, -0.2) is 0 Å². The van der Waals surface area contributed by atoms with Gasteiger partial charge in [0.2, 0.25) is 0 Å². The molecule has 1 heterocycles. The molecule has 0 saturated heterocycles. The Bertz CT molecular complexity index is 528. The monoisotopic (exact) mass is 278 g/mol. The van der Waals surface area contributed by atoms with Crippen molar-refractivity contribution in [3.8, 4) is 11.8 Å². The first-order valence-electron chi connectivity index (χ1n) is 4.87. The smallest absolute Gasteiger partial charge is 0.0356 e. The molecule has 0 spiro atoms. The first kappa shape index (κ1) is 10.7. The molecule has 0 aliphatic rings. The van der Waals surface area contributed by atoms with Gasteiger partial charge in [0, 0.05) is 20.5 Å². The minimum atomic E-state index is 0.963.